The number of allylic oxidation sites excluding steroid dienone is 3. The fraction of sp³-hybridized carbons (Fsp3) is 0.267. The number of carbonyl (C=O) groups excluding carboxylic acids is 1. The van der Waals surface area contributed by atoms with Crippen LogP contribution in [0.15, 0.2) is 77.3 Å². The molecule has 6 nitrogen and oxygen atoms in total. The third-order valence-corrected chi connectivity index (χ3v) is 7.89. The van der Waals surface area contributed by atoms with Crippen LogP contribution in [0.5, 0.6) is 11.5 Å². The summed E-state index contributed by atoms with van der Waals surface area (Å²) in [5, 5.41) is 12.4. The number of ether oxygens (including phenoxy) is 2. The topological polar surface area (TPSA) is 88.6 Å². The van der Waals surface area contributed by atoms with E-state index in [-0.39, 0.29) is 5.78 Å². The number of Topliss-reactive ketones (excluding diaryl/α,β-unsaturated/α-hetero) is 1. The second-order valence-corrected chi connectivity index (χ2v) is 10.4. The van der Waals surface area contributed by atoms with Crippen LogP contribution in [0.4, 0.5) is 0 Å². The molecule has 1 aliphatic heterocycles. The van der Waals surface area contributed by atoms with Crippen molar-refractivity contribution in [2.24, 2.45) is 5.73 Å². The molecule has 2 N–H and O–H groups in total. The summed E-state index contributed by atoms with van der Waals surface area (Å²) < 4.78 is 13.2. The van der Waals surface area contributed by atoms with Crippen molar-refractivity contribution in [1.29, 1.82) is 5.26 Å². The molecule has 3 aromatic rings. The quantitative estimate of drug-likeness (QED) is 0.339. The maximum absolute atomic E-state index is 13.1. The fourth-order valence-corrected chi connectivity index (χ4v) is 6.10. The van der Waals surface area contributed by atoms with Crippen LogP contribution in [0.25, 0.3) is 10.8 Å². The first-order valence-corrected chi connectivity index (χ1v) is 13.5. The largest absolute Gasteiger partial charge is 0.490 e. The van der Waals surface area contributed by atoms with E-state index in [9.17, 15) is 10.1 Å². The van der Waals surface area contributed by atoms with Crippen LogP contribution in [0.1, 0.15) is 43.2 Å². The van der Waals surface area contributed by atoms with Crippen LogP contribution >= 0.6 is 22.6 Å². The molecule has 0 fully saturated rings. The first kappa shape index (κ1) is 25.2. The summed E-state index contributed by atoms with van der Waals surface area (Å²) in [7, 11) is 1.83. The summed E-state index contributed by atoms with van der Waals surface area (Å²) in [4.78, 5) is 14.9. The minimum Gasteiger partial charge on any atom is -0.490 e. The fourth-order valence-electron chi connectivity index (χ4n) is 5.32. The van der Waals surface area contributed by atoms with Crippen LogP contribution in [0.2, 0.25) is 0 Å². The van der Waals surface area contributed by atoms with Gasteiger partial charge in [0.1, 0.15) is 12.4 Å². The zero-order chi connectivity index (χ0) is 26.1. The van der Waals surface area contributed by atoms with Crippen LogP contribution < -0.4 is 15.2 Å². The van der Waals surface area contributed by atoms with Crippen LogP contribution in [0.3, 0.4) is 0 Å². The number of halogens is 1. The number of ketones is 1. The lowest BCUT2D eigenvalue weighted by Gasteiger charge is -2.37. The lowest BCUT2D eigenvalue weighted by molar-refractivity contribution is -0.116. The third-order valence-electron chi connectivity index (χ3n) is 7.09. The predicted octanol–water partition coefficient (Wildman–Crippen LogP) is 6.15. The molecule has 7 heteroatoms. The molecule has 0 saturated heterocycles. The van der Waals surface area contributed by atoms with E-state index in [1.807, 2.05) is 44.3 Å². The molecule has 1 aliphatic carbocycles. The highest BCUT2D eigenvalue weighted by Gasteiger charge is 2.39. The van der Waals surface area contributed by atoms with E-state index >= 15 is 0 Å². The van der Waals surface area contributed by atoms with E-state index in [0.717, 1.165) is 44.0 Å². The first-order valence-electron chi connectivity index (χ1n) is 12.4. The average molecular weight is 605 g/mol. The van der Waals surface area contributed by atoms with Gasteiger partial charge >= 0.3 is 0 Å². The maximum Gasteiger partial charge on any atom is 0.174 e. The van der Waals surface area contributed by atoms with Crippen molar-refractivity contribution in [1.82, 2.24) is 4.90 Å². The highest BCUT2D eigenvalue weighted by atomic mass is 127. The summed E-state index contributed by atoms with van der Waals surface area (Å²) in [5.41, 5.74) is 10.3. The summed E-state index contributed by atoms with van der Waals surface area (Å²) in [6, 6.07) is 20.6. The number of hydrogen-bond acceptors (Lipinski definition) is 6. The minimum absolute atomic E-state index is 0.0719. The normalized spacial score (nSPS) is 17.6. The first-order chi connectivity index (χ1) is 17.9. The summed E-state index contributed by atoms with van der Waals surface area (Å²) in [6.45, 7) is 2.76. The van der Waals surface area contributed by atoms with Gasteiger partial charge in [0.25, 0.3) is 0 Å². The number of rotatable bonds is 6. The number of fused-ring (bicyclic) bond motifs is 1. The Morgan fingerprint density at radius 1 is 1.14 bits per heavy atom. The molecule has 3 aromatic carbocycles. The second-order valence-electron chi connectivity index (χ2n) is 9.23. The monoisotopic (exact) mass is 605 g/mol. The molecule has 1 heterocycles. The molecule has 0 saturated carbocycles. The van der Waals surface area contributed by atoms with E-state index < -0.39 is 5.92 Å². The zero-order valence-electron chi connectivity index (χ0n) is 20.9. The van der Waals surface area contributed by atoms with Crippen molar-refractivity contribution in [3.63, 3.8) is 0 Å². The third kappa shape index (κ3) is 4.55. The van der Waals surface area contributed by atoms with E-state index in [2.05, 4.69) is 52.9 Å². The molecule has 1 atom stereocenters. The Labute approximate surface area is 230 Å². The average Bonchev–Trinajstić information content (AvgIpc) is 2.90. The van der Waals surface area contributed by atoms with Crippen molar-refractivity contribution in [2.45, 2.75) is 38.7 Å². The Morgan fingerprint density at radius 3 is 2.70 bits per heavy atom. The number of nitrogens with zero attached hydrogens (tertiary/aromatic N) is 2. The Hall–Kier alpha value is -3.51. The van der Waals surface area contributed by atoms with Crippen molar-refractivity contribution in [3.8, 4) is 17.6 Å². The number of nitriles is 1. The molecule has 0 amide bonds. The summed E-state index contributed by atoms with van der Waals surface area (Å²) in [5.74, 6) is 1.17. The van der Waals surface area contributed by atoms with Gasteiger partial charge < -0.3 is 20.1 Å². The molecule has 0 aromatic heterocycles. The highest BCUT2D eigenvalue weighted by molar-refractivity contribution is 14.1. The lowest BCUT2D eigenvalue weighted by atomic mass is 9.76. The molecule has 37 heavy (non-hydrogen) atoms. The van der Waals surface area contributed by atoms with Gasteiger partial charge in [-0.3, -0.25) is 4.79 Å². The van der Waals surface area contributed by atoms with Gasteiger partial charge in [0.2, 0.25) is 0 Å². The van der Waals surface area contributed by atoms with Gasteiger partial charge in [-0.05, 0) is 76.4 Å². The molecule has 5 rings (SSSR count). The van der Waals surface area contributed by atoms with E-state index in [4.69, 9.17) is 15.2 Å². The predicted molar refractivity (Wildman–Crippen MR) is 152 cm³/mol. The smallest absolute Gasteiger partial charge is 0.174 e. The van der Waals surface area contributed by atoms with Crippen molar-refractivity contribution < 1.29 is 14.3 Å². The molecular formula is C30H28IN3O3. The molecular weight excluding hydrogens is 577 g/mol. The Balaban J connectivity index is 1.56. The molecule has 0 radical (unpaired) electrons. The van der Waals surface area contributed by atoms with E-state index in [1.54, 1.807) is 4.90 Å². The van der Waals surface area contributed by atoms with E-state index in [1.165, 1.54) is 0 Å². The van der Waals surface area contributed by atoms with Crippen molar-refractivity contribution >= 4 is 39.1 Å². The highest BCUT2D eigenvalue weighted by Crippen LogP contribution is 2.47. The molecule has 0 bridgehead atoms. The van der Waals surface area contributed by atoms with Gasteiger partial charge in [-0.15, -0.1) is 0 Å². The van der Waals surface area contributed by atoms with Crippen LogP contribution in [-0.4, -0.2) is 24.3 Å². The van der Waals surface area contributed by atoms with Gasteiger partial charge in [-0.25, -0.2) is 0 Å². The maximum atomic E-state index is 13.1. The van der Waals surface area contributed by atoms with Crippen molar-refractivity contribution in [2.75, 3.05) is 13.7 Å². The standard InChI is InChI=1S/C30H28IN3O3/c1-3-36-26-15-20(27-22(16-32)30(33)34(2)24-12-7-13-25(35)28(24)27)14-23(31)29(26)37-17-19-10-6-9-18-8-4-5-11-21(18)19/h4-6,8-11,14-15,27H,3,7,12-13,17,33H2,1-2H3/t27-/m1/s1. The SMILES string of the molecule is CCOc1cc([C@@H]2C(C#N)=C(N)N(C)C3=C2C(=O)CCC3)cc(I)c1OCc1cccc2ccccc12. The van der Waals surface area contributed by atoms with Gasteiger partial charge in [0.05, 0.1) is 27.7 Å². The van der Waals surface area contributed by atoms with Gasteiger partial charge in [0.15, 0.2) is 17.3 Å². The van der Waals surface area contributed by atoms with Crippen molar-refractivity contribution in [3.05, 3.63) is 92.0 Å². The van der Waals surface area contributed by atoms with Crippen LogP contribution in [-0.2, 0) is 11.4 Å². The zero-order valence-corrected chi connectivity index (χ0v) is 23.0. The van der Waals surface area contributed by atoms with Crippen LogP contribution in [0, 0.1) is 14.9 Å². The Bertz CT molecular complexity index is 1500. The Morgan fingerprint density at radius 2 is 1.92 bits per heavy atom. The minimum atomic E-state index is -0.524. The molecule has 0 spiro atoms. The van der Waals surface area contributed by atoms with Gasteiger partial charge in [0, 0.05) is 24.7 Å². The van der Waals surface area contributed by atoms with Gasteiger partial charge in [-0.1, -0.05) is 42.5 Å². The number of benzene rings is 3. The number of carbonyl (C=O) groups is 1. The number of nitrogens with two attached hydrogens (primary N) is 1. The number of hydrogen-bond donors (Lipinski definition) is 1. The van der Waals surface area contributed by atoms with Gasteiger partial charge in [-0.2, -0.15) is 5.26 Å². The summed E-state index contributed by atoms with van der Waals surface area (Å²) in [6.07, 6.45) is 2.02. The Kier molecular flexibility index (Phi) is 7.11. The van der Waals surface area contributed by atoms with E-state index in [0.29, 0.717) is 48.1 Å². The molecule has 2 aliphatic rings. The second kappa shape index (κ2) is 10.5. The molecule has 0 unspecified atom stereocenters. The lowest BCUT2D eigenvalue weighted by Crippen LogP contribution is -2.36. The summed E-state index contributed by atoms with van der Waals surface area (Å²) >= 11 is 2.24. The molecule has 188 valence electrons.